The lowest BCUT2D eigenvalue weighted by atomic mass is 10.1. The molecular weight excluding hydrogens is 266 g/mol. The molecule has 0 fully saturated rings. The number of rotatable bonds is 5. The van der Waals surface area contributed by atoms with E-state index in [0.717, 1.165) is 16.9 Å². The molecule has 0 spiro atoms. The summed E-state index contributed by atoms with van der Waals surface area (Å²) in [4.78, 5) is 11.3. The van der Waals surface area contributed by atoms with Crippen molar-refractivity contribution in [2.24, 2.45) is 5.73 Å². The molecule has 2 aromatic rings. The van der Waals surface area contributed by atoms with E-state index in [9.17, 15) is 4.79 Å². The van der Waals surface area contributed by atoms with E-state index < -0.39 is 0 Å². The van der Waals surface area contributed by atoms with Crippen LogP contribution in [0.3, 0.4) is 0 Å². The standard InChI is InChI=1S/C17H19NO3/c1-12(18)15-4-3-5-16(10-15)21-11-13-6-8-14(9-7-13)17(19)20-2/h3-10,12H,11,18H2,1-2H3/t12-/m1/s1. The van der Waals surface area contributed by atoms with Crippen LogP contribution in [-0.4, -0.2) is 13.1 Å². The van der Waals surface area contributed by atoms with Crippen LogP contribution in [0.4, 0.5) is 0 Å². The highest BCUT2D eigenvalue weighted by atomic mass is 16.5. The fourth-order valence-corrected chi connectivity index (χ4v) is 1.91. The average Bonchev–Trinajstić information content (AvgIpc) is 2.53. The molecule has 110 valence electrons. The highest BCUT2D eigenvalue weighted by Gasteiger charge is 2.05. The highest BCUT2D eigenvalue weighted by Crippen LogP contribution is 2.19. The van der Waals surface area contributed by atoms with Crippen molar-refractivity contribution in [3.63, 3.8) is 0 Å². The van der Waals surface area contributed by atoms with E-state index in [2.05, 4.69) is 4.74 Å². The van der Waals surface area contributed by atoms with Crippen molar-refractivity contribution >= 4 is 5.97 Å². The van der Waals surface area contributed by atoms with Crippen molar-refractivity contribution in [3.05, 3.63) is 65.2 Å². The van der Waals surface area contributed by atoms with Gasteiger partial charge in [-0.15, -0.1) is 0 Å². The Balaban J connectivity index is 2.00. The summed E-state index contributed by atoms with van der Waals surface area (Å²) >= 11 is 0. The summed E-state index contributed by atoms with van der Waals surface area (Å²) in [6, 6.07) is 14.9. The minimum absolute atomic E-state index is 0.0205. The Bertz CT molecular complexity index is 606. The topological polar surface area (TPSA) is 61.5 Å². The minimum atomic E-state index is -0.341. The number of carbonyl (C=O) groups excluding carboxylic acids is 1. The Kier molecular flexibility index (Phi) is 4.95. The van der Waals surface area contributed by atoms with Gasteiger partial charge < -0.3 is 15.2 Å². The van der Waals surface area contributed by atoms with Gasteiger partial charge >= 0.3 is 5.97 Å². The number of esters is 1. The fraction of sp³-hybridized carbons (Fsp3) is 0.235. The molecule has 21 heavy (non-hydrogen) atoms. The van der Waals surface area contributed by atoms with Gasteiger partial charge in [-0.2, -0.15) is 0 Å². The van der Waals surface area contributed by atoms with Gasteiger partial charge in [0, 0.05) is 6.04 Å². The average molecular weight is 285 g/mol. The van der Waals surface area contributed by atoms with Gasteiger partial charge in [-0.05, 0) is 42.3 Å². The Labute approximate surface area is 124 Å². The third-order valence-corrected chi connectivity index (χ3v) is 3.16. The van der Waals surface area contributed by atoms with E-state index in [-0.39, 0.29) is 12.0 Å². The maximum absolute atomic E-state index is 11.3. The maximum atomic E-state index is 11.3. The number of hydrogen-bond acceptors (Lipinski definition) is 4. The Morgan fingerprint density at radius 2 is 1.90 bits per heavy atom. The van der Waals surface area contributed by atoms with Gasteiger partial charge in [-0.1, -0.05) is 24.3 Å². The maximum Gasteiger partial charge on any atom is 0.337 e. The zero-order valence-corrected chi connectivity index (χ0v) is 12.2. The number of nitrogens with two attached hydrogens (primary N) is 1. The van der Waals surface area contributed by atoms with E-state index in [0.29, 0.717) is 12.2 Å². The second-order valence-electron chi connectivity index (χ2n) is 4.84. The van der Waals surface area contributed by atoms with Crippen molar-refractivity contribution in [1.82, 2.24) is 0 Å². The van der Waals surface area contributed by atoms with Crippen molar-refractivity contribution in [1.29, 1.82) is 0 Å². The predicted molar refractivity (Wildman–Crippen MR) is 81.2 cm³/mol. The van der Waals surface area contributed by atoms with Crippen LogP contribution in [0.25, 0.3) is 0 Å². The lowest BCUT2D eigenvalue weighted by Crippen LogP contribution is -2.05. The van der Waals surface area contributed by atoms with Gasteiger partial charge in [0.25, 0.3) is 0 Å². The molecular formula is C17H19NO3. The van der Waals surface area contributed by atoms with E-state index >= 15 is 0 Å². The predicted octanol–water partition coefficient (Wildman–Crippen LogP) is 3.07. The second kappa shape index (κ2) is 6.90. The molecule has 0 aliphatic carbocycles. The highest BCUT2D eigenvalue weighted by molar-refractivity contribution is 5.89. The molecule has 0 bridgehead atoms. The third kappa shape index (κ3) is 4.07. The third-order valence-electron chi connectivity index (χ3n) is 3.16. The summed E-state index contributed by atoms with van der Waals surface area (Å²) in [6.07, 6.45) is 0. The van der Waals surface area contributed by atoms with E-state index in [1.165, 1.54) is 7.11 Å². The fourth-order valence-electron chi connectivity index (χ4n) is 1.91. The molecule has 0 saturated carbocycles. The first-order valence-electron chi connectivity index (χ1n) is 6.75. The summed E-state index contributed by atoms with van der Waals surface area (Å²) in [6.45, 7) is 2.37. The molecule has 0 unspecified atom stereocenters. The first-order valence-corrected chi connectivity index (χ1v) is 6.75. The molecule has 1 atom stereocenters. The van der Waals surface area contributed by atoms with Crippen molar-refractivity contribution in [3.8, 4) is 5.75 Å². The van der Waals surface area contributed by atoms with Crippen LogP contribution >= 0.6 is 0 Å². The zero-order chi connectivity index (χ0) is 15.2. The van der Waals surface area contributed by atoms with Crippen molar-refractivity contribution < 1.29 is 14.3 Å². The smallest absolute Gasteiger partial charge is 0.337 e. The van der Waals surface area contributed by atoms with Gasteiger partial charge in [0.05, 0.1) is 12.7 Å². The first kappa shape index (κ1) is 15.1. The number of ether oxygens (including phenoxy) is 2. The van der Waals surface area contributed by atoms with E-state index in [1.807, 2.05) is 43.3 Å². The van der Waals surface area contributed by atoms with Crippen LogP contribution in [0.1, 0.15) is 34.5 Å². The Hall–Kier alpha value is -2.33. The molecule has 0 radical (unpaired) electrons. The van der Waals surface area contributed by atoms with Crippen molar-refractivity contribution in [2.45, 2.75) is 19.6 Å². The molecule has 4 nitrogen and oxygen atoms in total. The lowest BCUT2D eigenvalue weighted by Gasteiger charge is -2.10. The van der Waals surface area contributed by atoms with E-state index in [4.69, 9.17) is 10.5 Å². The zero-order valence-electron chi connectivity index (χ0n) is 12.2. The Morgan fingerprint density at radius 3 is 2.52 bits per heavy atom. The summed E-state index contributed by atoms with van der Waals surface area (Å²) in [5, 5.41) is 0. The monoisotopic (exact) mass is 285 g/mol. The normalized spacial score (nSPS) is 11.8. The molecule has 2 aromatic carbocycles. The molecule has 0 heterocycles. The summed E-state index contributed by atoms with van der Waals surface area (Å²) in [5.74, 6) is 0.439. The second-order valence-corrected chi connectivity index (χ2v) is 4.84. The molecule has 4 heteroatoms. The van der Waals surface area contributed by atoms with Crippen LogP contribution in [0.15, 0.2) is 48.5 Å². The molecule has 0 aliphatic rings. The first-order chi connectivity index (χ1) is 10.1. The summed E-state index contributed by atoms with van der Waals surface area (Å²) in [5.41, 5.74) is 8.39. The molecule has 2 rings (SSSR count). The molecule has 0 aliphatic heterocycles. The van der Waals surface area contributed by atoms with Crippen LogP contribution in [-0.2, 0) is 11.3 Å². The Morgan fingerprint density at radius 1 is 1.19 bits per heavy atom. The van der Waals surface area contributed by atoms with Crippen LogP contribution in [0, 0.1) is 0 Å². The quantitative estimate of drug-likeness (QED) is 0.858. The number of benzene rings is 2. The van der Waals surface area contributed by atoms with Crippen LogP contribution < -0.4 is 10.5 Å². The number of carbonyl (C=O) groups is 1. The van der Waals surface area contributed by atoms with Crippen molar-refractivity contribution in [2.75, 3.05) is 7.11 Å². The van der Waals surface area contributed by atoms with Crippen LogP contribution in [0.5, 0.6) is 5.75 Å². The minimum Gasteiger partial charge on any atom is -0.489 e. The molecule has 0 aromatic heterocycles. The number of hydrogen-bond donors (Lipinski definition) is 1. The van der Waals surface area contributed by atoms with Gasteiger partial charge in [-0.3, -0.25) is 0 Å². The molecule has 0 amide bonds. The SMILES string of the molecule is COC(=O)c1ccc(COc2cccc([C@@H](C)N)c2)cc1. The van der Waals surface area contributed by atoms with Gasteiger partial charge in [0.15, 0.2) is 0 Å². The largest absolute Gasteiger partial charge is 0.489 e. The molecule has 2 N–H and O–H groups in total. The number of methoxy groups -OCH3 is 1. The molecule has 0 saturated heterocycles. The van der Waals surface area contributed by atoms with Gasteiger partial charge in [-0.25, -0.2) is 4.79 Å². The summed E-state index contributed by atoms with van der Waals surface area (Å²) in [7, 11) is 1.37. The van der Waals surface area contributed by atoms with Crippen LogP contribution in [0.2, 0.25) is 0 Å². The van der Waals surface area contributed by atoms with Gasteiger partial charge in [0.1, 0.15) is 12.4 Å². The lowest BCUT2D eigenvalue weighted by molar-refractivity contribution is 0.0600. The van der Waals surface area contributed by atoms with Gasteiger partial charge in [0.2, 0.25) is 0 Å². The van der Waals surface area contributed by atoms with E-state index in [1.54, 1.807) is 12.1 Å². The summed E-state index contributed by atoms with van der Waals surface area (Å²) < 4.78 is 10.4.